The molecular formula is C15H20Cl2O. The molecule has 1 aromatic carbocycles. The number of halogens is 2. The maximum Gasteiger partial charge on any atom is 0.163 e. The van der Waals surface area contributed by atoms with Crippen molar-refractivity contribution in [3.63, 3.8) is 0 Å². The lowest BCUT2D eigenvalue weighted by molar-refractivity contribution is 0.0954. The summed E-state index contributed by atoms with van der Waals surface area (Å²) in [7, 11) is 0. The zero-order chi connectivity index (χ0) is 13.9. The van der Waals surface area contributed by atoms with Gasteiger partial charge in [0.1, 0.15) is 0 Å². The van der Waals surface area contributed by atoms with E-state index in [-0.39, 0.29) is 11.2 Å². The van der Waals surface area contributed by atoms with Crippen LogP contribution in [-0.4, -0.2) is 5.78 Å². The summed E-state index contributed by atoms with van der Waals surface area (Å²) in [6.45, 7) is 8.66. The summed E-state index contributed by atoms with van der Waals surface area (Å²) in [5, 5.41) is 1.02. The molecule has 3 heteroatoms. The lowest BCUT2D eigenvalue weighted by Crippen LogP contribution is -2.14. The van der Waals surface area contributed by atoms with Crippen LogP contribution < -0.4 is 0 Å². The Morgan fingerprint density at radius 2 is 1.67 bits per heavy atom. The molecule has 100 valence electrons. The summed E-state index contributed by atoms with van der Waals surface area (Å²) >= 11 is 11.8. The molecule has 0 bridgehead atoms. The second-order valence-electron chi connectivity index (χ2n) is 6.16. The van der Waals surface area contributed by atoms with Gasteiger partial charge in [-0.05, 0) is 36.0 Å². The van der Waals surface area contributed by atoms with E-state index in [9.17, 15) is 4.79 Å². The highest BCUT2D eigenvalue weighted by atomic mass is 35.5. The third-order valence-corrected chi connectivity index (χ3v) is 3.12. The minimum atomic E-state index is 0.108. The van der Waals surface area contributed by atoms with Crippen LogP contribution in [0.1, 0.15) is 50.9 Å². The van der Waals surface area contributed by atoms with E-state index in [1.165, 1.54) is 0 Å². The van der Waals surface area contributed by atoms with Crippen molar-refractivity contribution in [3.8, 4) is 0 Å². The van der Waals surface area contributed by atoms with Crippen molar-refractivity contribution in [1.82, 2.24) is 0 Å². The Morgan fingerprint density at radius 3 is 2.11 bits per heavy atom. The van der Waals surface area contributed by atoms with Gasteiger partial charge in [-0.1, -0.05) is 50.9 Å². The Hall–Kier alpha value is -0.530. The van der Waals surface area contributed by atoms with E-state index in [0.29, 0.717) is 27.9 Å². The topological polar surface area (TPSA) is 17.1 Å². The number of hydrogen-bond donors (Lipinski definition) is 0. The molecule has 0 aliphatic heterocycles. The smallest absolute Gasteiger partial charge is 0.163 e. The van der Waals surface area contributed by atoms with Gasteiger partial charge in [0.15, 0.2) is 5.78 Å². The summed E-state index contributed by atoms with van der Waals surface area (Å²) < 4.78 is 0. The molecule has 1 rings (SSSR count). The minimum absolute atomic E-state index is 0.108. The first kappa shape index (κ1) is 15.5. The van der Waals surface area contributed by atoms with Gasteiger partial charge in [-0.15, -0.1) is 0 Å². The normalized spacial score (nSPS) is 13.4. The van der Waals surface area contributed by atoms with Gasteiger partial charge < -0.3 is 0 Å². The zero-order valence-electron chi connectivity index (χ0n) is 11.4. The van der Waals surface area contributed by atoms with Crippen LogP contribution in [0.15, 0.2) is 18.2 Å². The largest absolute Gasteiger partial charge is 0.294 e. The maximum atomic E-state index is 12.1. The summed E-state index contributed by atoms with van der Waals surface area (Å²) in [6.07, 6.45) is 1.56. The molecule has 0 saturated heterocycles. The van der Waals surface area contributed by atoms with E-state index in [1.807, 2.05) is 0 Å². The van der Waals surface area contributed by atoms with E-state index in [2.05, 4.69) is 27.7 Å². The first-order valence-corrected chi connectivity index (χ1v) is 6.92. The van der Waals surface area contributed by atoms with Crippen LogP contribution in [0.2, 0.25) is 10.0 Å². The number of ketones is 1. The summed E-state index contributed by atoms with van der Waals surface area (Å²) in [4.78, 5) is 12.1. The van der Waals surface area contributed by atoms with E-state index in [1.54, 1.807) is 18.2 Å². The Bertz CT molecular complexity index is 412. The number of rotatable bonds is 4. The van der Waals surface area contributed by atoms with Crippen molar-refractivity contribution in [1.29, 1.82) is 0 Å². The number of hydrogen-bond acceptors (Lipinski definition) is 1. The van der Waals surface area contributed by atoms with Crippen molar-refractivity contribution in [2.45, 2.75) is 40.5 Å². The average Bonchev–Trinajstić information content (AvgIpc) is 2.12. The first-order chi connectivity index (χ1) is 8.17. The van der Waals surface area contributed by atoms with E-state index in [0.717, 1.165) is 6.42 Å². The molecule has 1 nitrogen and oxygen atoms in total. The number of carbonyl (C=O) groups is 1. The molecule has 0 fully saturated rings. The monoisotopic (exact) mass is 286 g/mol. The zero-order valence-corrected chi connectivity index (χ0v) is 12.9. The van der Waals surface area contributed by atoms with E-state index >= 15 is 0 Å². The average molecular weight is 287 g/mol. The minimum Gasteiger partial charge on any atom is -0.294 e. The third-order valence-electron chi connectivity index (χ3n) is 2.68. The second-order valence-corrected chi connectivity index (χ2v) is 7.03. The molecule has 0 amide bonds. The highest BCUT2D eigenvalue weighted by Crippen LogP contribution is 2.27. The van der Waals surface area contributed by atoms with Gasteiger partial charge in [0.2, 0.25) is 0 Å². The fourth-order valence-electron chi connectivity index (χ4n) is 2.27. The summed E-state index contributed by atoms with van der Waals surface area (Å²) in [6, 6.07) is 5.00. The fourth-order valence-corrected chi connectivity index (χ4v) is 2.79. The lowest BCUT2D eigenvalue weighted by atomic mass is 9.83. The highest BCUT2D eigenvalue weighted by Gasteiger charge is 2.18. The van der Waals surface area contributed by atoms with E-state index < -0.39 is 0 Å². The molecule has 0 heterocycles. The van der Waals surface area contributed by atoms with Crippen molar-refractivity contribution in [2.75, 3.05) is 0 Å². The molecule has 0 aliphatic rings. The van der Waals surface area contributed by atoms with Crippen LogP contribution in [0.4, 0.5) is 0 Å². The van der Waals surface area contributed by atoms with Gasteiger partial charge in [-0.25, -0.2) is 0 Å². The van der Waals surface area contributed by atoms with Gasteiger partial charge in [-0.3, -0.25) is 4.79 Å². The van der Waals surface area contributed by atoms with Gasteiger partial charge >= 0.3 is 0 Å². The highest BCUT2D eigenvalue weighted by molar-refractivity contribution is 6.35. The van der Waals surface area contributed by atoms with Crippen molar-refractivity contribution in [2.24, 2.45) is 11.3 Å². The maximum absolute atomic E-state index is 12.1. The van der Waals surface area contributed by atoms with Gasteiger partial charge in [0, 0.05) is 22.0 Å². The molecule has 0 aromatic heterocycles. The van der Waals surface area contributed by atoms with Gasteiger partial charge in [-0.2, -0.15) is 0 Å². The first-order valence-electron chi connectivity index (χ1n) is 6.17. The van der Waals surface area contributed by atoms with Crippen LogP contribution in [0.25, 0.3) is 0 Å². The molecule has 1 unspecified atom stereocenters. The van der Waals surface area contributed by atoms with Crippen molar-refractivity contribution >= 4 is 29.0 Å². The number of Topliss-reactive ketones (excluding diaryl/α,β-unsaturated/α-hetero) is 1. The van der Waals surface area contributed by atoms with Crippen LogP contribution in [0.3, 0.4) is 0 Å². The van der Waals surface area contributed by atoms with Crippen molar-refractivity contribution < 1.29 is 4.79 Å². The standard InChI is InChI=1S/C15H20Cl2O/c1-10(9-15(2,3)4)5-14(18)11-6-12(16)8-13(17)7-11/h6-8,10H,5,9H2,1-4H3. The Morgan fingerprint density at radius 1 is 1.17 bits per heavy atom. The molecule has 1 aromatic rings. The summed E-state index contributed by atoms with van der Waals surface area (Å²) in [5.41, 5.74) is 0.847. The fraction of sp³-hybridized carbons (Fsp3) is 0.533. The van der Waals surface area contributed by atoms with Crippen LogP contribution in [0.5, 0.6) is 0 Å². The molecule has 1 atom stereocenters. The number of benzene rings is 1. The van der Waals surface area contributed by atoms with Crippen LogP contribution >= 0.6 is 23.2 Å². The SMILES string of the molecule is CC(CC(=O)c1cc(Cl)cc(Cl)c1)CC(C)(C)C. The van der Waals surface area contributed by atoms with Crippen LogP contribution in [-0.2, 0) is 0 Å². The van der Waals surface area contributed by atoms with Gasteiger partial charge in [0.05, 0.1) is 0 Å². The Balaban J connectivity index is 2.70. The third kappa shape index (κ3) is 5.41. The molecular weight excluding hydrogens is 267 g/mol. The molecule has 0 aliphatic carbocycles. The predicted octanol–water partition coefficient (Wildman–Crippen LogP) is 5.64. The van der Waals surface area contributed by atoms with Crippen molar-refractivity contribution in [3.05, 3.63) is 33.8 Å². The van der Waals surface area contributed by atoms with E-state index in [4.69, 9.17) is 23.2 Å². The molecule has 0 radical (unpaired) electrons. The molecule has 0 spiro atoms. The Labute approximate surface area is 119 Å². The van der Waals surface area contributed by atoms with Gasteiger partial charge in [0.25, 0.3) is 0 Å². The molecule has 0 N–H and O–H groups in total. The lowest BCUT2D eigenvalue weighted by Gasteiger charge is -2.22. The second kappa shape index (κ2) is 6.08. The predicted molar refractivity (Wildman–Crippen MR) is 78.6 cm³/mol. The summed E-state index contributed by atoms with van der Waals surface area (Å²) in [5.74, 6) is 0.464. The quantitative estimate of drug-likeness (QED) is 0.655. The molecule has 0 saturated carbocycles. The molecule has 18 heavy (non-hydrogen) atoms. The van der Waals surface area contributed by atoms with Crippen LogP contribution in [0, 0.1) is 11.3 Å². The number of carbonyl (C=O) groups excluding carboxylic acids is 1. The Kier molecular flexibility index (Phi) is 5.24.